The van der Waals surface area contributed by atoms with Crippen molar-refractivity contribution in [1.29, 1.82) is 0 Å². The molecule has 2 amide bonds. The number of hydrogen-bond acceptors (Lipinski definition) is 4. The Kier molecular flexibility index (Phi) is 8.73. The van der Waals surface area contributed by atoms with Crippen molar-refractivity contribution >= 4 is 12.5 Å². The summed E-state index contributed by atoms with van der Waals surface area (Å²) in [6.45, 7) is 9.45. The van der Waals surface area contributed by atoms with Gasteiger partial charge in [0.05, 0.1) is 6.54 Å². The number of alkyl halides is 2. The monoisotopic (exact) mass is 377 g/mol. The van der Waals surface area contributed by atoms with Crippen LogP contribution in [-0.2, 0) is 9.53 Å². The number of carbonyl (C=O) groups excluding carboxylic acids is 2. The molecule has 1 fully saturated rings. The number of halogens is 2. The Labute approximate surface area is 155 Å². The van der Waals surface area contributed by atoms with Gasteiger partial charge >= 0.3 is 6.09 Å². The number of amides is 2. The highest BCUT2D eigenvalue weighted by Gasteiger charge is 2.29. The molecule has 0 aromatic rings. The zero-order chi connectivity index (χ0) is 19.9. The molecule has 3 unspecified atom stereocenters. The standard InChI is InChI=1S/C18H33F2N3O3/c1-13(21-17(25)26-18(3,4)5)10-22(11-16(19)20)9-8-15-7-6-14(2)23(15)12-24/h12-16H,6-11H2,1-5H3,(H,21,25). The zero-order valence-corrected chi connectivity index (χ0v) is 16.5. The highest BCUT2D eigenvalue weighted by atomic mass is 19.3. The first kappa shape index (κ1) is 22.6. The van der Waals surface area contributed by atoms with Gasteiger partial charge in [-0.25, -0.2) is 13.6 Å². The van der Waals surface area contributed by atoms with Crippen LogP contribution in [0.5, 0.6) is 0 Å². The van der Waals surface area contributed by atoms with Crippen LogP contribution >= 0.6 is 0 Å². The van der Waals surface area contributed by atoms with Crippen molar-refractivity contribution in [3.63, 3.8) is 0 Å². The highest BCUT2D eigenvalue weighted by molar-refractivity contribution is 5.68. The minimum atomic E-state index is -2.45. The fourth-order valence-electron chi connectivity index (χ4n) is 3.30. The first-order valence-electron chi connectivity index (χ1n) is 9.24. The molecule has 0 aliphatic carbocycles. The Balaban J connectivity index is 2.52. The molecule has 6 nitrogen and oxygen atoms in total. The second-order valence-electron chi connectivity index (χ2n) is 8.12. The Hall–Kier alpha value is -1.44. The van der Waals surface area contributed by atoms with Crippen LogP contribution in [0.2, 0.25) is 0 Å². The number of hydrogen-bond donors (Lipinski definition) is 1. The van der Waals surface area contributed by atoms with Gasteiger partial charge in [-0.3, -0.25) is 9.69 Å². The molecule has 3 atom stereocenters. The Morgan fingerprint density at radius 1 is 1.35 bits per heavy atom. The normalized spacial score (nSPS) is 22.0. The van der Waals surface area contributed by atoms with E-state index in [0.29, 0.717) is 19.5 Å². The van der Waals surface area contributed by atoms with Crippen molar-refractivity contribution in [1.82, 2.24) is 15.1 Å². The maximum absolute atomic E-state index is 12.9. The van der Waals surface area contributed by atoms with Gasteiger partial charge in [0.1, 0.15) is 5.60 Å². The third-order valence-corrected chi connectivity index (χ3v) is 4.44. The zero-order valence-electron chi connectivity index (χ0n) is 16.5. The lowest BCUT2D eigenvalue weighted by molar-refractivity contribution is -0.120. The maximum atomic E-state index is 12.9. The van der Waals surface area contributed by atoms with Crippen molar-refractivity contribution in [3.05, 3.63) is 0 Å². The molecule has 0 saturated carbocycles. The third-order valence-electron chi connectivity index (χ3n) is 4.44. The summed E-state index contributed by atoms with van der Waals surface area (Å²) in [5, 5.41) is 2.68. The van der Waals surface area contributed by atoms with Gasteiger partial charge < -0.3 is 15.0 Å². The predicted molar refractivity (Wildman–Crippen MR) is 96.3 cm³/mol. The van der Waals surface area contributed by atoms with Gasteiger partial charge in [-0.05, 0) is 53.9 Å². The second-order valence-corrected chi connectivity index (χ2v) is 8.12. The molecule has 0 bridgehead atoms. The molecule has 1 aliphatic heterocycles. The summed E-state index contributed by atoms with van der Waals surface area (Å²) in [7, 11) is 0. The molecular weight excluding hydrogens is 344 g/mol. The van der Waals surface area contributed by atoms with E-state index in [1.54, 1.807) is 37.5 Å². The van der Waals surface area contributed by atoms with Gasteiger partial charge in [0.2, 0.25) is 6.41 Å². The maximum Gasteiger partial charge on any atom is 0.407 e. The van der Waals surface area contributed by atoms with Crippen LogP contribution < -0.4 is 5.32 Å². The molecule has 26 heavy (non-hydrogen) atoms. The van der Waals surface area contributed by atoms with Gasteiger partial charge in [0.15, 0.2) is 0 Å². The molecule has 1 N–H and O–H groups in total. The van der Waals surface area contributed by atoms with E-state index in [9.17, 15) is 18.4 Å². The Morgan fingerprint density at radius 3 is 2.54 bits per heavy atom. The van der Waals surface area contributed by atoms with E-state index >= 15 is 0 Å². The van der Waals surface area contributed by atoms with Crippen LogP contribution in [-0.4, -0.2) is 72.1 Å². The van der Waals surface area contributed by atoms with Crippen LogP contribution in [0.1, 0.15) is 53.9 Å². The fraction of sp³-hybridized carbons (Fsp3) is 0.889. The van der Waals surface area contributed by atoms with E-state index in [4.69, 9.17) is 4.74 Å². The molecule has 0 aromatic carbocycles. The van der Waals surface area contributed by atoms with Crippen LogP contribution in [0.4, 0.5) is 13.6 Å². The van der Waals surface area contributed by atoms with E-state index in [2.05, 4.69) is 5.32 Å². The molecule has 0 radical (unpaired) electrons. The predicted octanol–water partition coefficient (Wildman–Crippen LogP) is 2.87. The lowest BCUT2D eigenvalue weighted by atomic mass is 10.1. The number of nitrogens with zero attached hydrogens (tertiary/aromatic N) is 2. The molecule has 8 heteroatoms. The van der Waals surface area contributed by atoms with Crippen molar-refractivity contribution in [2.45, 2.75) is 84.0 Å². The van der Waals surface area contributed by atoms with E-state index in [1.807, 2.05) is 6.92 Å². The van der Waals surface area contributed by atoms with Crippen molar-refractivity contribution in [2.24, 2.45) is 0 Å². The van der Waals surface area contributed by atoms with Gasteiger partial charge in [-0.2, -0.15) is 0 Å². The smallest absolute Gasteiger partial charge is 0.407 e. The minimum absolute atomic E-state index is 0.0943. The van der Waals surface area contributed by atoms with E-state index in [0.717, 1.165) is 19.3 Å². The second kappa shape index (κ2) is 10.0. The molecule has 152 valence electrons. The number of likely N-dealkylation sites (tertiary alicyclic amines) is 1. The van der Waals surface area contributed by atoms with Crippen LogP contribution in [0.25, 0.3) is 0 Å². The van der Waals surface area contributed by atoms with E-state index in [1.165, 1.54) is 0 Å². The topological polar surface area (TPSA) is 61.9 Å². The Bertz CT molecular complexity index is 457. The number of nitrogens with one attached hydrogen (secondary N) is 1. The number of carbonyl (C=O) groups is 2. The van der Waals surface area contributed by atoms with Gasteiger partial charge in [-0.15, -0.1) is 0 Å². The average Bonchev–Trinajstić information content (AvgIpc) is 2.81. The number of ether oxygens (including phenoxy) is 1. The largest absolute Gasteiger partial charge is 0.444 e. The molecule has 1 saturated heterocycles. The summed E-state index contributed by atoms with van der Waals surface area (Å²) in [6.07, 6.45) is 0.330. The Morgan fingerprint density at radius 2 is 2.00 bits per heavy atom. The average molecular weight is 377 g/mol. The quantitative estimate of drug-likeness (QED) is 0.628. The van der Waals surface area contributed by atoms with Gasteiger partial charge in [-0.1, -0.05) is 0 Å². The fourth-order valence-corrected chi connectivity index (χ4v) is 3.30. The lowest BCUT2D eigenvalue weighted by Crippen LogP contribution is -2.46. The van der Waals surface area contributed by atoms with Crippen LogP contribution in [0.3, 0.4) is 0 Å². The summed E-state index contributed by atoms with van der Waals surface area (Å²) in [5.74, 6) is 0. The molecule has 1 rings (SSSR count). The van der Waals surface area contributed by atoms with Gasteiger partial charge in [0.25, 0.3) is 6.43 Å². The summed E-state index contributed by atoms with van der Waals surface area (Å²) >= 11 is 0. The molecule has 1 aliphatic rings. The number of alkyl carbamates (subject to hydrolysis) is 1. The first-order valence-corrected chi connectivity index (χ1v) is 9.24. The summed E-state index contributed by atoms with van der Waals surface area (Å²) in [5.41, 5.74) is -0.607. The van der Waals surface area contributed by atoms with Gasteiger partial charge in [0, 0.05) is 31.2 Å². The minimum Gasteiger partial charge on any atom is -0.444 e. The van der Waals surface area contributed by atoms with Crippen molar-refractivity contribution in [3.8, 4) is 0 Å². The third kappa shape index (κ3) is 8.29. The van der Waals surface area contributed by atoms with Crippen LogP contribution in [0.15, 0.2) is 0 Å². The number of rotatable bonds is 9. The van der Waals surface area contributed by atoms with Crippen LogP contribution in [0, 0.1) is 0 Å². The van der Waals surface area contributed by atoms with E-state index < -0.39 is 18.1 Å². The first-order chi connectivity index (χ1) is 12.0. The molecule has 0 spiro atoms. The van der Waals surface area contributed by atoms with E-state index in [-0.39, 0.29) is 24.7 Å². The summed E-state index contributed by atoms with van der Waals surface area (Å²) in [4.78, 5) is 26.4. The highest BCUT2D eigenvalue weighted by Crippen LogP contribution is 2.24. The SMILES string of the molecule is CC(CN(CCC1CCC(C)N1C=O)CC(F)F)NC(=O)OC(C)(C)C. The molecule has 1 heterocycles. The summed E-state index contributed by atoms with van der Waals surface area (Å²) in [6, 6.07) is -0.0288. The lowest BCUT2D eigenvalue weighted by Gasteiger charge is -2.30. The molecule has 0 aromatic heterocycles. The molecular formula is C18H33F2N3O3. The summed E-state index contributed by atoms with van der Waals surface area (Å²) < 4.78 is 31.0. The van der Waals surface area contributed by atoms with Crippen molar-refractivity contribution in [2.75, 3.05) is 19.6 Å². The van der Waals surface area contributed by atoms with Crippen molar-refractivity contribution < 1.29 is 23.1 Å².